The van der Waals surface area contributed by atoms with Crippen LogP contribution >= 0.6 is 11.6 Å². The van der Waals surface area contributed by atoms with Gasteiger partial charge in [-0.3, -0.25) is 0 Å². The highest BCUT2D eigenvalue weighted by Gasteiger charge is 2.25. The Morgan fingerprint density at radius 2 is 2.16 bits per heavy atom. The first-order valence-corrected chi connectivity index (χ1v) is 6.77. The highest BCUT2D eigenvalue weighted by Crippen LogP contribution is 2.31. The second kappa shape index (κ2) is 6.21. The van der Waals surface area contributed by atoms with Crippen molar-refractivity contribution in [2.24, 2.45) is 0 Å². The summed E-state index contributed by atoms with van der Waals surface area (Å²) in [7, 11) is 0. The number of carboxylic acid groups (broad SMARTS) is 1. The van der Waals surface area contributed by atoms with Crippen LogP contribution in [0.4, 0.5) is 5.82 Å². The maximum atomic E-state index is 10.9. The quantitative estimate of drug-likeness (QED) is 0.867. The zero-order chi connectivity index (χ0) is 13.8. The lowest BCUT2D eigenvalue weighted by Crippen LogP contribution is -2.36. The second-order valence-corrected chi connectivity index (χ2v) is 5.10. The monoisotopic (exact) mass is 284 g/mol. The number of aromatic nitrogens is 1. The second-order valence-electron chi connectivity index (χ2n) is 4.69. The summed E-state index contributed by atoms with van der Waals surface area (Å²) in [5.74, 6) is -0.483. The van der Waals surface area contributed by atoms with E-state index in [-0.39, 0.29) is 12.2 Å². The minimum absolute atomic E-state index is 0.0230. The van der Waals surface area contributed by atoms with Crippen molar-refractivity contribution < 1.29 is 15.0 Å². The number of aliphatic hydroxyl groups is 1. The molecule has 0 radical (unpaired) electrons. The molecule has 0 amide bonds. The van der Waals surface area contributed by atoms with Gasteiger partial charge in [0.1, 0.15) is 5.82 Å². The van der Waals surface area contributed by atoms with Crippen molar-refractivity contribution >= 4 is 23.4 Å². The van der Waals surface area contributed by atoms with Crippen molar-refractivity contribution in [3.05, 3.63) is 22.8 Å². The van der Waals surface area contributed by atoms with E-state index in [1.54, 1.807) is 0 Å². The lowest BCUT2D eigenvalue weighted by atomic mass is 10.2. The Hall–Kier alpha value is -1.33. The number of hydrogen-bond acceptors (Lipinski definition) is 4. The lowest BCUT2D eigenvalue weighted by Gasteiger charge is -2.30. The molecule has 0 aliphatic heterocycles. The van der Waals surface area contributed by atoms with Gasteiger partial charge >= 0.3 is 5.97 Å². The SMILES string of the molecule is O=C(O)c1cnc(N(CCO)C2CCCC2)c(Cl)c1. The van der Waals surface area contributed by atoms with Crippen LogP contribution in [0.5, 0.6) is 0 Å². The summed E-state index contributed by atoms with van der Waals surface area (Å²) in [4.78, 5) is 17.0. The number of carboxylic acids is 1. The molecule has 5 nitrogen and oxygen atoms in total. The summed E-state index contributed by atoms with van der Waals surface area (Å²) >= 11 is 6.13. The highest BCUT2D eigenvalue weighted by atomic mass is 35.5. The third kappa shape index (κ3) is 3.16. The smallest absolute Gasteiger partial charge is 0.337 e. The van der Waals surface area contributed by atoms with Gasteiger partial charge in [-0.15, -0.1) is 0 Å². The Kier molecular flexibility index (Phi) is 4.61. The van der Waals surface area contributed by atoms with E-state index >= 15 is 0 Å². The van der Waals surface area contributed by atoms with Gasteiger partial charge in [-0.25, -0.2) is 9.78 Å². The van der Waals surface area contributed by atoms with Gasteiger partial charge in [0.15, 0.2) is 0 Å². The zero-order valence-corrected chi connectivity index (χ0v) is 11.3. The summed E-state index contributed by atoms with van der Waals surface area (Å²) in [6.45, 7) is 0.485. The fourth-order valence-electron chi connectivity index (χ4n) is 2.54. The van der Waals surface area contributed by atoms with E-state index in [9.17, 15) is 9.90 Å². The maximum Gasteiger partial charge on any atom is 0.337 e. The normalized spacial score (nSPS) is 15.7. The molecular formula is C13H17ClN2O3. The molecule has 104 valence electrons. The highest BCUT2D eigenvalue weighted by molar-refractivity contribution is 6.33. The van der Waals surface area contributed by atoms with E-state index in [4.69, 9.17) is 16.7 Å². The summed E-state index contributed by atoms with van der Waals surface area (Å²) in [5, 5.41) is 18.4. The molecule has 0 aromatic carbocycles. The molecule has 1 saturated carbocycles. The molecular weight excluding hydrogens is 268 g/mol. The molecule has 1 aromatic heterocycles. The number of pyridine rings is 1. The van der Waals surface area contributed by atoms with Crippen LogP contribution in [-0.4, -0.2) is 40.4 Å². The summed E-state index contributed by atoms with van der Waals surface area (Å²) < 4.78 is 0. The van der Waals surface area contributed by atoms with Crippen LogP contribution in [0.2, 0.25) is 5.02 Å². The first-order chi connectivity index (χ1) is 9.13. The molecule has 0 spiro atoms. The maximum absolute atomic E-state index is 10.9. The fraction of sp³-hybridized carbons (Fsp3) is 0.538. The Morgan fingerprint density at radius 1 is 1.47 bits per heavy atom. The molecule has 0 bridgehead atoms. The van der Waals surface area contributed by atoms with Crippen molar-refractivity contribution in [1.29, 1.82) is 0 Å². The van der Waals surface area contributed by atoms with Gasteiger partial charge in [-0.05, 0) is 18.9 Å². The van der Waals surface area contributed by atoms with Crippen molar-refractivity contribution in [2.75, 3.05) is 18.1 Å². The van der Waals surface area contributed by atoms with E-state index in [0.29, 0.717) is 23.4 Å². The molecule has 1 aliphatic carbocycles. The third-order valence-corrected chi connectivity index (χ3v) is 3.73. The number of carbonyl (C=O) groups is 1. The first-order valence-electron chi connectivity index (χ1n) is 6.40. The average molecular weight is 285 g/mol. The van der Waals surface area contributed by atoms with Gasteiger partial charge in [-0.2, -0.15) is 0 Å². The average Bonchev–Trinajstić information content (AvgIpc) is 2.90. The Labute approximate surface area is 116 Å². The van der Waals surface area contributed by atoms with Crippen molar-refractivity contribution in [1.82, 2.24) is 4.98 Å². The molecule has 1 fully saturated rings. The van der Waals surface area contributed by atoms with Crippen LogP contribution < -0.4 is 4.90 Å². The van der Waals surface area contributed by atoms with E-state index in [2.05, 4.69) is 4.98 Å². The Morgan fingerprint density at radius 3 is 2.68 bits per heavy atom. The summed E-state index contributed by atoms with van der Waals surface area (Å²) in [5.41, 5.74) is 0.0733. The van der Waals surface area contributed by atoms with Gasteiger partial charge in [0.05, 0.1) is 17.2 Å². The molecule has 2 N–H and O–H groups in total. The van der Waals surface area contributed by atoms with Crippen LogP contribution in [0.1, 0.15) is 36.0 Å². The van der Waals surface area contributed by atoms with Crippen molar-refractivity contribution in [3.63, 3.8) is 0 Å². The first kappa shape index (κ1) is 14.1. The molecule has 1 aromatic rings. The third-order valence-electron chi connectivity index (χ3n) is 3.45. The van der Waals surface area contributed by atoms with E-state index in [1.165, 1.54) is 12.3 Å². The number of nitrogens with zero attached hydrogens (tertiary/aromatic N) is 2. The van der Waals surface area contributed by atoms with Gasteiger partial charge in [-0.1, -0.05) is 24.4 Å². The molecule has 0 atom stereocenters. The van der Waals surface area contributed by atoms with Crippen LogP contribution in [0.15, 0.2) is 12.3 Å². The topological polar surface area (TPSA) is 73.7 Å². The van der Waals surface area contributed by atoms with Crippen LogP contribution in [0, 0.1) is 0 Å². The predicted molar refractivity (Wildman–Crippen MR) is 72.9 cm³/mol. The number of aromatic carboxylic acids is 1. The molecule has 2 rings (SSSR count). The molecule has 1 aliphatic rings. The van der Waals surface area contributed by atoms with Crippen LogP contribution in [0.3, 0.4) is 0 Å². The number of halogens is 1. The van der Waals surface area contributed by atoms with Gasteiger partial charge in [0.25, 0.3) is 0 Å². The Balaban J connectivity index is 2.28. The number of rotatable bonds is 5. The van der Waals surface area contributed by atoms with E-state index < -0.39 is 5.97 Å². The molecule has 0 unspecified atom stereocenters. The largest absolute Gasteiger partial charge is 0.478 e. The standard InChI is InChI=1S/C13H17ClN2O3/c14-11-7-9(13(18)19)8-15-12(11)16(5-6-17)10-3-1-2-4-10/h7-8,10,17H,1-6H2,(H,18,19). The van der Waals surface area contributed by atoms with E-state index in [0.717, 1.165) is 25.7 Å². The van der Waals surface area contributed by atoms with Gasteiger partial charge in [0, 0.05) is 18.8 Å². The summed E-state index contributed by atoms with van der Waals surface area (Å²) in [6, 6.07) is 1.73. The van der Waals surface area contributed by atoms with Gasteiger partial charge in [0.2, 0.25) is 0 Å². The lowest BCUT2D eigenvalue weighted by molar-refractivity contribution is 0.0696. The minimum atomic E-state index is -1.05. The van der Waals surface area contributed by atoms with Crippen molar-refractivity contribution in [2.45, 2.75) is 31.7 Å². The number of hydrogen-bond donors (Lipinski definition) is 2. The minimum Gasteiger partial charge on any atom is -0.478 e. The van der Waals surface area contributed by atoms with E-state index in [1.807, 2.05) is 4.90 Å². The predicted octanol–water partition coefficient (Wildman–Crippen LogP) is 2.17. The van der Waals surface area contributed by atoms with Gasteiger partial charge < -0.3 is 15.1 Å². The molecule has 6 heteroatoms. The van der Waals surface area contributed by atoms with Crippen LogP contribution in [-0.2, 0) is 0 Å². The molecule has 19 heavy (non-hydrogen) atoms. The number of anilines is 1. The molecule has 1 heterocycles. The fourth-order valence-corrected chi connectivity index (χ4v) is 2.82. The van der Waals surface area contributed by atoms with Crippen LogP contribution in [0.25, 0.3) is 0 Å². The zero-order valence-electron chi connectivity index (χ0n) is 10.5. The molecule has 0 saturated heterocycles. The number of aliphatic hydroxyl groups excluding tert-OH is 1. The van der Waals surface area contributed by atoms with Crippen molar-refractivity contribution in [3.8, 4) is 0 Å². The summed E-state index contributed by atoms with van der Waals surface area (Å²) in [6.07, 6.45) is 5.75. The Bertz CT molecular complexity index is 461.